The van der Waals surface area contributed by atoms with Crippen molar-refractivity contribution in [1.82, 2.24) is 4.98 Å². The molecule has 0 amide bonds. The molecule has 0 saturated heterocycles. The smallest absolute Gasteiger partial charge is 0.252 e. The van der Waals surface area contributed by atoms with Crippen molar-refractivity contribution in [2.45, 2.75) is 54.1 Å². The molecule has 0 radical (unpaired) electrons. The highest BCUT2D eigenvalue weighted by Crippen LogP contribution is 2.34. The van der Waals surface area contributed by atoms with E-state index >= 15 is 0 Å². The van der Waals surface area contributed by atoms with E-state index in [1.54, 1.807) is 13.0 Å². The number of aromatic nitrogens is 1. The summed E-state index contributed by atoms with van der Waals surface area (Å²) < 4.78 is 38.5. The molecule has 0 saturated carbocycles. The Kier molecular flexibility index (Phi) is 8.00. The number of benzene rings is 1. The highest BCUT2D eigenvalue weighted by Gasteiger charge is 2.33. The van der Waals surface area contributed by atoms with Crippen molar-refractivity contribution in [3.8, 4) is 0 Å². The Bertz CT molecular complexity index is 560. The van der Waals surface area contributed by atoms with Gasteiger partial charge >= 0.3 is 6.18 Å². The Morgan fingerprint density at radius 1 is 1.05 bits per heavy atom. The van der Waals surface area contributed by atoms with Crippen LogP contribution in [0.15, 0.2) is 24.3 Å². The van der Waals surface area contributed by atoms with Gasteiger partial charge in [0.15, 0.2) is 0 Å². The van der Waals surface area contributed by atoms with E-state index in [1.807, 2.05) is 40.7 Å². The van der Waals surface area contributed by atoms with Crippen LogP contribution in [0.4, 0.5) is 13.2 Å². The normalized spacial score (nSPS) is 10.3. The Morgan fingerprint density at radius 2 is 1.62 bits per heavy atom. The minimum Gasteiger partial charge on any atom is -0.252 e. The van der Waals surface area contributed by atoms with Crippen LogP contribution in [0.3, 0.4) is 0 Å². The molecule has 2 rings (SSSR count). The number of halogens is 3. The fourth-order valence-corrected chi connectivity index (χ4v) is 1.98. The number of alkyl halides is 3. The number of aryl methyl sites for hydroxylation is 2. The summed E-state index contributed by atoms with van der Waals surface area (Å²) in [6.07, 6.45) is -3.66. The van der Waals surface area contributed by atoms with Gasteiger partial charge in [-0.2, -0.15) is 13.2 Å². The van der Waals surface area contributed by atoms with E-state index < -0.39 is 11.7 Å². The molecule has 0 bridgehead atoms. The summed E-state index contributed by atoms with van der Waals surface area (Å²) in [7, 11) is 0. The minimum absolute atomic E-state index is 0.0526. The van der Waals surface area contributed by atoms with Gasteiger partial charge in [-0.1, -0.05) is 46.8 Å². The summed E-state index contributed by atoms with van der Waals surface area (Å²) in [5, 5.41) is 0.591. The van der Waals surface area contributed by atoms with Crippen LogP contribution in [0.25, 0.3) is 10.9 Å². The largest absolute Gasteiger partial charge is 0.418 e. The van der Waals surface area contributed by atoms with Gasteiger partial charge in [-0.3, -0.25) is 4.98 Å². The first-order chi connectivity index (χ1) is 9.93. The lowest BCUT2D eigenvalue weighted by atomic mass is 10.0. The molecule has 1 aromatic carbocycles. The number of hydrogen-bond acceptors (Lipinski definition) is 1. The SMILES string of the molecule is CC.CC.CCc1cc(C)nc2c(C(F)(F)F)cccc12. The molecule has 1 heterocycles. The number of fused-ring (bicyclic) bond motifs is 1. The van der Waals surface area contributed by atoms with Gasteiger partial charge in [-0.25, -0.2) is 0 Å². The molecule has 0 aliphatic carbocycles. The van der Waals surface area contributed by atoms with E-state index in [1.165, 1.54) is 6.07 Å². The number of nitrogens with zero attached hydrogens (tertiary/aromatic N) is 1. The third-order valence-corrected chi connectivity index (χ3v) is 2.74. The molecule has 2 aromatic rings. The van der Waals surface area contributed by atoms with E-state index in [9.17, 15) is 13.2 Å². The minimum atomic E-state index is -4.36. The summed E-state index contributed by atoms with van der Waals surface area (Å²) in [5.74, 6) is 0. The maximum Gasteiger partial charge on any atom is 0.418 e. The van der Waals surface area contributed by atoms with E-state index in [0.29, 0.717) is 17.5 Å². The maximum absolute atomic E-state index is 12.8. The average molecular weight is 299 g/mol. The lowest BCUT2D eigenvalue weighted by Crippen LogP contribution is -2.07. The van der Waals surface area contributed by atoms with Crippen LogP contribution >= 0.6 is 0 Å². The van der Waals surface area contributed by atoms with Crippen LogP contribution in [0, 0.1) is 6.92 Å². The second-order valence-corrected chi connectivity index (χ2v) is 3.98. The number of para-hydroxylation sites is 1. The van der Waals surface area contributed by atoms with Crippen molar-refractivity contribution in [3.05, 3.63) is 41.1 Å². The van der Waals surface area contributed by atoms with E-state index in [4.69, 9.17) is 0 Å². The van der Waals surface area contributed by atoms with Crippen molar-refractivity contribution in [2.75, 3.05) is 0 Å². The lowest BCUT2D eigenvalue weighted by Gasteiger charge is -2.12. The van der Waals surface area contributed by atoms with Gasteiger partial charge in [0.1, 0.15) is 0 Å². The fourth-order valence-electron chi connectivity index (χ4n) is 1.98. The van der Waals surface area contributed by atoms with Crippen LogP contribution in [-0.2, 0) is 12.6 Å². The Hall–Kier alpha value is -1.58. The monoisotopic (exact) mass is 299 g/mol. The third kappa shape index (κ3) is 4.73. The number of rotatable bonds is 1. The highest BCUT2D eigenvalue weighted by atomic mass is 19.4. The molecule has 0 atom stereocenters. The van der Waals surface area contributed by atoms with Gasteiger partial charge in [-0.05, 0) is 31.0 Å². The first-order valence-electron chi connectivity index (χ1n) is 7.40. The van der Waals surface area contributed by atoms with Gasteiger partial charge in [-0.15, -0.1) is 0 Å². The molecule has 0 spiro atoms. The average Bonchev–Trinajstić information content (AvgIpc) is 2.48. The predicted octanol–water partition coefficient (Wildman–Crippen LogP) is 6.18. The standard InChI is InChI=1S/C13H12F3N.2C2H6/c1-3-9-7-8(2)17-12-10(9)5-4-6-11(12)13(14,15)16;2*1-2/h4-7H,3H2,1-2H3;2*1-2H3. The topological polar surface area (TPSA) is 12.9 Å². The number of pyridine rings is 1. The molecular formula is C17H24F3N. The van der Waals surface area contributed by atoms with Gasteiger partial charge < -0.3 is 0 Å². The molecule has 21 heavy (non-hydrogen) atoms. The molecule has 0 unspecified atom stereocenters. The molecule has 118 valence electrons. The summed E-state index contributed by atoms with van der Waals surface area (Å²) in [6.45, 7) is 11.6. The van der Waals surface area contributed by atoms with Crippen LogP contribution in [0.2, 0.25) is 0 Å². The first-order valence-corrected chi connectivity index (χ1v) is 7.40. The molecule has 1 aromatic heterocycles. The molecule has 0 aliphatic heterocycles. The Labute approximate surface area is 125 Å². The second-order valence-electron chi connectivity index (χ2n) is 3.98. The third-order valence-electron chi connectivity index (χ3n) is 2.74. The van der Waals surface area contributed by atoms with Crippen LogP contribution in [0.5, 0.6) is 0 Å². The molecule has 0 aliphatic rings. The van der Waals surface area contributed by atoms with Crippen LogP contribution in [-0.4, -0.2) is 4.98 Å². The summed E-state index contributed by atoms with van der Waals surface area (Å²) in [5.41, 5.74) is 0.912. The molecule has 1 nitrogen and oxygen atoms in total. The van der Waals surface area contributed by atoms with Crippen molar-refractivity contribution in [2.24, 2.45) is 0 Å². The lowest BCUT2D eigenvalue weighted by molar-refractivity contribution is -0.136. The zero-order valence-corrected chi connectivity index (χ0v) is 13.6. The summed E-state index contributed by atoms with van der Waals surface area (Å²) >= 11 is 0. The van der Waals surface area contributed by atoms with Crippen molar-refractivity contribution >= 4 is 10.9 Å². The molecule has 0 N–H and O–H groups in total. The van der Waals surface area contributed by atoms with Crippen LogP contribution in [0.1, 0.15) is 51.4 Å². The highest BCUT2D eigenvalue weighted by molar-refractivity contribution is 5.85. The Balaban J connectivity index is 0.000000921. The fraction of sp³-hybridized carbons (Fsp3) is 0.471. The van der Waals surface area contributed by atoms with Crippen molar-refractivity contribution < 1.29 is 13.2 Å². The first kappa shape index (κ1) is 19.4. The van der Waals surface area contributed by atoms with E-state index in [-0.39, 0.29) is 5.52 Å². The van der Waals surface area contributed by atoms with Gasteiger partial charge in [0.05, 0.1) is 11.1 Å². The van der Waals surface area contributed by atoms with E-state index in [0.717, 1.165) is 11.6 Å². The van der Waals surface area contributed by atoms with Crippen molar-refractivity contribution in [1.29, 1.82) is 0 Å². The predicted molar refractivity (Wildman–Crippen MR) is 83.6 cm³/mol. The second kappa shape index (κ2) is 8.65. The molecule has 0 fully saturated rings. The van der Waals surface area contributed by atoms with Gasteiger partial charge in [0.25, 0.3) is 0 Å². The zero-order chi connectivity index (χ0) is 16.6. The van der Waals surface area contributed by atoms with Crippen LogP contribution < -0.4 is 0 Å². The van der Waals surface area contributed by atoms with E-state index in [2.05, 4.69) is 4.98 Å². The van der Waals surface area contributed by atoms with Crippen molar-refractivity contribution in [3.63, 3.8) is 0 Å². The number of hydrogen-bond donors (Lipinski definition) is 0. The zero-order valence-electron chi connectivity index (χ0n) is 13.6. The Morgan fingerprint density at radius 3 is 2.10 bits per heavy atom. The summed E-state index contributed by atoms with van der Waals surface area (Å²) in [4.78, 5) is 4.03. The molecule has 4 heteroatoms. The van der Waals surface area contributed by atoms with Gasteiger partial charge in [0, 0.05) is 11.1 Å². The van der Waals surface area contributed by atoms with Gasteiger partial charge in [0.2, 0.25) is 0 Å². The quantitative estimate of drug-likeness (QED) is 0.613. The summed E-state index contributed by atoms with van der Waals surface area (Å²) in [6, 6.07) is 6.04. The molecular weight excluding hydrogens is 275 g/mol. The maximum atomic E-state index is 12.8.